The number of hydrogen-bond acceptors (Lipinski definition) is 5. The Morgan fingerprint density at radius 3 is 2.93 bits per heavy atom. The molecular weight excluding hydrogens is 388 g/mol. The molecule has 0 unspecified atom stereocenters. The van der Waals surface area contributed by atoms with Crippen molar-refractivity contribution in [1.29, 1.82) is 0 Å². The first-order chi connectivity index (χ1) is 14.2. The van der Waals surface area contributed by atoms with Crippen molar-refractivity contribution in [2.24, 2.45) is 0 Å². The normalized spacial score (nSPS) is 13.9. The number of nitrogens with one attached hydrogen (secondary N) is 1. The van der Waals surface area contributed by atoms with Gasteiger partial charge in [0.05, 0.1) is 13.2 Å². The van der Waals surface area contributed by atoms with Crippen molar-refractivity contribution < 1.29 is 9.47 Å². The molecule has 0 saturated carbocycles. The molecule has 0 fully saturated rings. The number of methoxy groups -OCH3 is 1. The van der Waals surface area contributed by atoms with Crippen molar-refractivity contribution in [2.75, 3.05) is 7.11 Å². The first kappa shape index (κ1) is 19.7. The second kappa shape index (κ2) is 8.84. The Kier molecular flexibility index (Phi) is 6.02. The lowest BCUT2D eigenvalue weighted by Gasteiger charge is -2.17. The number of nitrogens with zero attached hydrogens (tertiary/aromatic N) is 3. The number of fused-ring (bicyclic) bond motifs is 1. The summed E-state index contributed by atoms with van der Waals surface area (Å²) in [6, 6.07) is 13.7. The van der Waals surface area contributed by atoms with E-state index in [1.807, 2.05) is 42.5 Å². The Labute approximate surface area is 175 Å². The fraction of sp³-hybridized carbons (Fsp3) is 0.364. The maximum atomic E-state index is 6.49. The van der Waals surface area contributed by atoms with E-state index in [1.54, 1.807) is 7.11 Å². The van der Waals surface area contributed by atoms with Crippen molar-refractivity contribution >= 4 is 11.6 Å². The van der Waals surface area contributed by atoms with Crippen LogP contribution in [0.25, 0.3) is 0 Å². The van der Waals surface area contributed by atoms with E-state index in [2.05, 4.69) is 27.0 Å². The molecule has 0 aliphatic carbocycles. The first-order valence-electron chi connectivity index (χ1n) is 9.84. The van der Waals surface area contributed by atoms with Gasteiger partial charge in [0, 0.05) is 30.1 Å². The second-order valence-electron chi connectivity index (χ2n) is 7.19. The van der Waals surface area contributed by atoms with Gasteiger partial charge in [0.15, 0.2) is 0 Å². The van der Waals surface area contributed by atoms with Gasteiger partial charge in [0.1, 0.15) is 29.8 Å². The average Bonchev–Trinajstić information content (AvgIpc) is 3.35. The molecule has 0 bridgehead atoms. The van der Waals surface area contributed by atoms with Gasteiger partial charge in [0.25, 0.3) is 0 Å². The molecule has 2 heterocycles. The van der Waals surface area contributed by atoms with Gasteiger partial charge in [-0.25, -0.2) is 0 Å². The van der Waals surface area contributed by atoms with E-state index in [4.69, 9.17) is 21.1 Å². The minimum atomic E-state index is 0.0665. The summed E-state index contributed by atoms with van der Waals surface area (Å²) in [6.45, 7) is 4.11. The van der Waals surface area contributed by atoms with Gasteiger partial charge < -0.3 is 19.4 Å². The lowest BCUT2D eigenvalue weighted by molar-refractivity contribution is 0.300. The van der Waals surface area contributed by atoms with E-state index < -0.39 is 0 Å². The summed E-state index contributed by atoms with van der Waals surface area (Å²) >= 11 is 6.49. The molecule has 152 valence electrons. The molecule has 3 aromatic rings. The molecular formula is C22H25ClN4O2. The molecule has 0 amide bonds. The molecule has 0 spiro atoms. The monoisotopic (exact) mass is 412 g/mol. The van der Waals surface area contributed by atoms with Crippen LogP contribution in [0.4, 0.5) is 0 Å². The van der Waals surface area contributed by atoms with Crippen molar-refractivity contribution in [1.82, 2.24) is 20.1 Å². The molecule has 1 aliphatic rings. The van der Waals surface area contributed by atoms with Crippen LogP contribution in [-0.4, -0.2) is 21.9 Å². The van der Waals surface area contributed by atoms with Gasteiger partial charge in [-0.1, -0.05) is 29.8 Å². The maximum absolute atomic E-state index is 6.49. The Hall–Kier alpha value is -2.57. The van der Waals surface area contributed by atoms with E-state index in [0.717, 1.165) is 53.7 Å². The molecule has 1 N–H and O–H groups in total. The van der Waals surface area contributed by atoms with E-state index in [1.165, 1.54) is 0 Å². The van der Waals surface area contributed by atoms with E-state index >= 15 is 0 Å². The molecule has 29 heavy (non-hydrogen) atoms. The molecule has 0 radical (unpaired) electrons. The zero-order valence-electron chi connectivity index (χ0n) is 16.7. The smallest absolute Gasteiger partial charge is 0.149 e. The highest BCUT2D eigenvalue weighted by atomic mass is 35.5. The molecule has 1 atom stereocenters. The number of aryl methyl sites for hydroxylation is 1. The summed E-state index contributed by atoms with van der Waals surface area (Å²) in [5.74, 6) is 3.64. The van der Waals surface area contributed by atoms with Crippen molar-refractivity contribution in [3.8, 4) is 11.5 Å². The Bertz CT molecular complexity index is 989. The van der Waals surface area contributed by atoms with Crippen LogP contribution in [0.3, 0.4) is 0 Å². The van der Waals surface area contributed by atoms with E-state index in [-0.39, 0.29) is 6.04 Å². The molecule has 4 rings (SSSR count). The van der Waals surface area contributed by atoms with Gasteiger partial charge in [-0.15, -0.1) is 10.2 Å². The van der Waals surface area contributed by atoms with Crippen molar-refractivity contribution in [2.45, 2.75) is 45.5 Å². The summed E-state index contributed by atoms with van der Waals surface area (Å²) in [5, 5.41) is 12.9. The third-order valence-corrected chi connectivity index (χ3v) is 5.57. The quantitative estimate of drug-likeness (QED) is 0.597. The zero-order valence-corrected chi connectivity index (χ0v) is 17.4. The number of halogens is 1. The van der Waals surface area contributed by atoms with Crippen LogP contribution >= 0.6 is 11.6 Å². The summed E-state index contributed by atoms with van der Waals surface area (Å²) in [7, 11) is 1.66. The van der Waals surface area contributed by atoms with Crippen LogP contribution in [0.1, 0.15) is 42.2 Å². The topological polar surface area (TPSA) is 61.2 Å². The van der Waals surface area contributed by atoms with Gasteiger partial charge in [-0.05, 0) is 43.2 Å². The lowest BCUT2D eigenvalue weighted by Crippen LogP contribution is -2.22. The summed E-state index contributed by atoms with van der Waals surface area (Å²) in [4.78, 5) is 0. The maximum Gasteiger partial charge on any atom is 0.149 e. The van der Waals surface area contributed by atoms with Crippen LogP contribution in [0, 0.1) is 0 Å². The van der Waals surface area contributed by atoms with E-state index in [9.17, 15) is 0 Å². The lowest BCUT2D eigenvalue weighted by atomic mass is 10.1. The fourth-order valence-electron chi connectivity index (χ4n) is 3.61. The predicted octanol–water partition coefficient (Wildman–Crippen LogP) is 4.32. The van der Waals surface area contributed by atoms with Crippen LogP contribution in [0.5, 0.6) is 11.5 Å². The molecule has 2 aromatic carbocycles. The average molecular weight is 413 g/mol. The van der Waals surface area contributed by atoms with Crippen molar-refractivity contribution in [3.63, 3.8) is 0 Å². The van der Waals surface area contributed by atoms with Gasteiger partial charge in [0.2, 0.25) is 0 Å². The highest BCUT2D eigenvalue weighted by molar-refractivity contribution is 6.31. The highest BCUT2D eigenvalue weighted by Gasteiger charge is 2.21. The molecule has 6 nitrogen and oxygen atoms in total. The van der Waals surface area contributed by atoms with Crippen LogP contribution in [0.2, 0.25) is 5.02 Å². The Balaban J connectivity index is 1.44. The Morgan fingerprint density at radius 2 is 2.07 bits per heavy atom. The van der Waals surface area contributed by atoms with Gasteiger partial charge >= 0.3 is 0 Å². The van der Waals surface area contributed by atoms with Crippen LogP contribution in [0.15, 0.2) is 42.5 Å². The first-order valence-corrected chi connectivity index (χ1v) is 10.2. The van der Waals surface area contributed by atoms with Gasteiger partial charge in [-0.3, -0.25) is 0 Å². The van der Waals surface area contributed by atoms with E-state index in [0.29, 0.717) is 18.2 Å². The molecule has 1 aliphatic heterocycles. The third kappa shape index (κ3) is 4.38. The van der Waals surface area contributed by atoms with Gasteiger partial charge in [-0.2, -0.15) is 0 Å². The SMILES string of the molecule is COc1cccc(COc2cccc(Cl)c2CN[C@@H](C)c2nnc3n2CCC3)c1. The Morgan fingerprint density at radius 1 is 1.21 bits per heavy atom. The number of aromatic nitrogens is 3. The second-order valence-corrected chi connectivity index (χ2v) is 7.60. The molecule has 7 heteroatoms. The summed E-state index contributed by atoms with van der Waals surface area (Å²) in [5.41, 5.74) is 1.97. The van der Waals surface area contributed by atoms with Crippen LogP contribution in [-0.2, 0) is 26.1 Å². The third-order valence-electron chi connectivity index (χ3n) is 5.21. The van der Waals surface area contributed by atoms with Crippen molar-refractivity contribution in [3.05, 3.63) is 70.3 Å². The number of ether oxygens (including phenoxy) is 2. The molecule has 0 saturated heterocycles. The summed E-state index contributed by atoms with van der Waals surface area (Å²) in [6.07, 6.45) is 2.14. The van der Waals surface area contributed by atoms with Crippen LogP contribution < -0.4 is 14.8 Å². The summed E-state index contributed by atoms with van der Waals surface area (Å²) < 4.78 is 13.6. The number of benzene rings is 2. The predicted molar refractivity (Wildman–Crippen MR) is 112 cm³/mol. The number of rotatable bonds is 8. The highest BCUT2D eigenvalue weighted by Crippen LogP contribution is 2.28. The molecule has 1 aromatic heterocycles. The fourth-order valence-corrected chi connectivity index (χ4v) is 3.84. The zero-order chi connectivity index (χ0) is 20.2. The largest absolute Gasteiger partial charge is 0.497 e. The standard InChI is InChI=1S/C22H25ClN4O2/c1-15(22-26-25-21-10-5-11-27(21)22)24-13-18-19(23)8-4-9-20(18)29-14-16-6-3-7-17(12-16)28-2/h3-4,6-9,12,15,24H,5,10-11,13-14H2,1-2H3/t15-/m0/s1. The number of hydrogen-bond donors (Lipinski definition) is 1. The minimum absolute atomic E-state index is 0.0665. The minimum Gasteiger partial charge on any atom is -0.497 e.